The first-order chi connectivity index (χ1) is 7.88. The van der Waals surface area contributed by atoms with Crippen LogP contribution < -0.4 is 10.2 Å². The monoisotopic (exact) mass is 230 g/mol. The van der Waals surface area contributed by atoms with E-state index in [4.69, 9.17) is 25.5 Å². The Kier molecular flexibility index (Phi) is 3.16. The predicted octanol–water partition coefficient (Wildman–Crippen LogP) is -2.65. The van der Waals surface area contributed by atoms with Crippen molar-refractivity contribution in [2.24, 2.45) is 0 Å². The molecule has 17 heavy (non-hydrogen) atoms. The normalized spacial score (nSPS) is 15.7. The minimum Gasteiger partial charge on any atom is -0.465 e. The molecule has 1 aliphatic carbocycles. The lowest BCUT2D eigenvalue weighted by atomic mass is 9.75. The minimum absolute atomic E-state index is 0.00988. The number of aliphatic hydroxyl groups is 1. The molecule has 1 aliphatic rings. The topological polar surface area (TPSA) is 95.7 Å². The van der Waals surface area contributed by atoms with E-state index >= 15 is 0 Å². The summed E-state index contributed by atoms with van der Waals surface area (Å²) < 4.78 is 4.75. The van der Waals surface area contributed by atoms with Gasteiger partial charge in [-0.1, -0.05) is 0 Å². The summed E-state index contributed by atoms with van der Waals surface area (Å²) in [6.07, 6.45) is 3.01. The van der Waals surface area contributed by atoms with Gasteiger partial charge in [-0.25, -0.2) is 9.97 Å². The molecule has 3 N–H and O–H groups in total. The summed E-state index contributed by atoms with van der Waals surface area (Å²) in [6, 6.07) is 0. The lowest BCUT2D eigenvalue weighted by Gasteiger charge is -2.22. The second-order valence-corrected chi connectivity index (χ2v) is 3.98. The summed E-state index contributed by atoms with van der Waals surface area (Å²) in [5.41, 5.74) is -1.96. The second-order valence-electron chi connectivity index (χ2n) is 3.98. The summed E-state index contributed by atoms with van der Waals surface area (Å²) in [5.74, 6) is -0.0785. The maximum absolute atomic E-state index is 9.29. The van der Waals surface area contributed by atoms with Gasteiger partial charge in [0.15, 0.2) is 15.7 Å². The first kappa shape index (κ1) is 12.4. The third-order valence-electron chi connectivity index (χ3n) is 2.36. The highest BCUT2D eigenvalue weighted by Crippen LogP contribution is 2.38. The fourth-order valence-electron chi connectivity index (χ4n) is 1.55. The zero-order valence-corrected chi connectivity index (χ0v) is 8.95. The highest BCUT2D eigenvalue weighted by molar-refractivity contribution is 6.60. The molecule has 1 saturated carbocycles. The van der Waals surface area contributed by atoms with Crippen molar-refractivity contribution in [3.63, 3.8) is 0 Å². The van der Waals surface area contributed by atoms with Crippen molar-refractivity contribution in [1.29, 1.82) is 0 Å². The fraction of sp³-hybridized carbons (Fsp3) is 0.500. The number of rotatable bonds is 4. The molecule has 1 heterocycles. The molecule has 9 heteroatoms. The molecule has 2 rings (SSSR count). The molecule has 0 amide bonds. The Morgan fingerprint density at radius 3 is 2.47 bits per heavy atom. The van der Waals surface area contributed by atoms with E-state index in [1.54, 1.807) is 0 Å². The number of nitrogens with zero attached hydrogens (tertiary/aromatic N) is 2. The molecule has 0 aromatic carbocycles. The van der Waals surface area contributed by atoms with Crippen LogP contribution in [0.2, 0.25) is 0 Å². The molecule has 84 valence electrons. The van der Waals surface area contributed by atoms with Gasteiger partial charge in [-0.15, -0.1) is 0 Å². The van der Waals surface area contributed by atoms with Crippen molar-refractivity contribution in [3.05, 3.63) is 12.0 Å². The van der Waals surface area contributed by atoms with Crippen molar-refractivity contribution < 1.29 is 19.9 Å². The van der Waals surface area contributed by atoms with Crippen LogP contribution in [0.25, 0.3) is 0 Å². The third kappa shape index (κ3) is 2.99. The summed E-state index contributed by atoms with van der Waals surface area (Å²) in [6.45, 7) is 0. The van der Waals surface area contributed by atoms with E-state index in [0.29, 0.717) is 5.69 Å². The lowest BCUT2D eigenvalue weighted by molar-refractivity contribution is 0.00978. The van der Waals surface area contributed by atoms with Crippen molar-refractivity contribution in [2.75, 3.05) is 0 Å². The molecule has 0 saturated heterocycles. The Balaban J connectivity index is 2.40. The number of hydrogen-bond donors (Lipinski definition) is 3. The van der Waals surface area contributed by atoms with Gasteiger partial charge >= 0.3 is 7.12 Å². The Bertz CT molecular complexity index is 420. The van der Waals surface area contributed by atoms with Gasteiger partial charge in [0.2, 0.25) is 5.88 Å². The van der Waals surface area contributed by atoms with Crippen LogP contribution >= 0.6 is 0 Å². The van der Waals surface area contributed by atoms with Crippen molar-refractivity contribution in [1.82, 2.24) is 9.97 Å². The fourth-order valence-corrected chi connectivity index (χ4v) is 1.55. The molecule has 0 unspecified atom stereocenters. The van der Waals surface area contributed by atoms with E-state index in [0.717, 1.165) is 12.8 Å². The van der Waals surface area contributed by atoms with Gasteiger partial charge in [-0.2, -0.15) is 0 Å². The maximum Gasteiger partial charge on any atom is 0.495 e. The van der Waals surface area contributed by atoms with Crippen LogP contribution in [0.1, 0.15) is 24.5 Å². The van der Waals surface area contributed by atoms with Crippen LogP contribution in [0, 0.1) is 0 Å². The van der Waals surface area contributed by atoms with Gasteiger partial charge in [0.05, 0.1) is 11.2 Å². The molecule has 1 fully saturated rings. The molecule has 1 aromatic rings. The first-order valence-electron chi connectivity index (χ1n) is 5.08. The Morgan fingerprint density at radius 1 is 1.35 bits per heavy atom. The van der Waals surface area contributed by atoms with Crippen molar-refractivity contribution >= 4 is 28.3 Å². The zero-order valence-electron chi connectivity index (χ0n) is 8.95. The molecule has 0 aliphatic heterocycles. The zero-order chi connectivity index (χ0) is 12.6. The Hall–Kier alpha value is -1.05. The van der Waals surface area contributed by atoms with E-state index in [2.05, 4.69) is 9.97 Å². The molecule has 0 spiro atoms. The van der Waals surface area contributed by atoms with E-state index in [9.17, 15) is 10.0 Å². The summed E-state index contributed by atoms with van der Waals surface area (Å²) in [5, 5.41) is 27.7. The van der Waals surface area contributed by atoms with Crippen LogP contribution in [0.15, 0.2) is 6.33 Å². The van der Waals surface area contributed by atoms with E-state index in [1.807, 2.05) is 0 Å². The van der Waals surface area contributed by atoms with Crippen LogP contribution in [0.5, 0.6) is 5.88 Å². The van der Waals surface area contributed by atoms with Crippen LogP contribution in [0.3, 0.4) is 0 Å². The predicted molar refractivity (Wildman–Crippen MR) is 60.9 cm³/mol. The smallest absolute Gasteiger partial charge is 0.465 e. The van der Waals surface area contributed by atoms with Crippen LogP contribution in [0.4, 0.5) is 0 Å². The first-order valence-corrected chi connectivity index (χ1v) is 5.08. The van der Waals surface area contributed by atoms with Gasteiger partial charge < -0.3 is 19.9 Å². The summed E-state index contributed by atoms with van der Waals surface area (Å²) in [4.78, 5) is 7.66. The average Bonchev–Trinajstić information content (AvgIpc) is 2.96. The van der Waals surface area contributed by atoms with Crippen LogP contribution in [-0.4, -0.2) is 53.5 Å². The SMILES string of the molecule is [B]C([B])(O)Oc1ncnc(C2CC2)c1B(O)O. The Labute approximate surface area is 101 Å². The van der Waals surface area contributed by atoms with Gasteiger partial charge in [0, 0.05) is 5.92 Å². The molecular formula is C8H9B3N2O4. The van der Waals surface area contributed by atoms with Gasteiger partial charge in [-0.05, 0) is 12.8 Å². The highest BCUT2D eigenvalue weighted by Gasteiger charge is 2.34. The molecule has 1 aromatic heterocycles. The third-order valence-corrected chi connectivity index (χ3v) is 2.36. The largest absolute Gasteiger partial charge is 0.495 e. The summed E-state index contributed by atoms with van der Waals surface area (Å²) >= 11 is 0. The maximum atomic E-state index is 9.29. The molecule has 6 nitrogen and oxygen atoms in total. The van der Waals surface area contributed by atoms with Crippen molar-refractivity contribution in [2.45, 2.75) is 24.3 Å². The number of ether oxygens (including phenoxy) is 1. The van der Waals surface area contributed by atoms with Crippen LogP contribution in [-0.2, 0) is 0 Å². The van der Waals surface area contributed by atoms with Crippen molar-refractivity contribution in [3.8, 4) is 5.88 Å². The highest BCUT2D eigenvalue weighted by atomic mass is 16.6. The molecular weight excluding hydrogens is 221 g/mol. The van der Waals surface area contributed by atoms with Gasteiger partial charge in [-0.3, -0.25) is 0 Å². The number of hydrogen-bond acceptors (Lipinski definition) is 6. The van der Waals surface area contributed by atoms with E-state index in [1.165, 1.54) is 6.33 Å². The van der Waals surface area contributed by atoms with Gasteiger partial charge in [0.25, 0.3) is 0 Å². The minimum atomic E-state index is -2.43. The quantitative estimate of drug-likeness (QED) is 0.386. The second kappa shape index (κ2) is 4.32. The van der Waals surface area contributed by atoms with E-state index < -0.39 is 12.7 Å². The Morgan fingerprint density at radius 2 is 2.00 bits per heavy atom. The van der Waals surface area contributed by atoms with E-state index in [-0.39, 0.29) is 17.3 Å². The van der Waals surface area contributed by atoms with Gasteiger partial charge in [0.1, 0.15) is 11.9 Å². The summed E-state index contributed by atoms with van der Waals surface area (Å²) in [7, 11) is 8.32. The number of aromatic nitrogens is 2. The molecule has 4 radical (unpaired) electrons. The standard InChI is InChI=1S/C8H9B3N2O4/c9-8(10,14)17-7-5(11(15)16)6(4-1-2-4)12-3-13-7/h3-4,14-16H,1-2H2. The molecule has 0 atom stereocenters. The average molecular weight is 230 g/mol. The molecule has 0 bridgehead atoms. The lowest BCUT2D eigenvalue weighted by Crippen LogP contribution is -2.42.